The van der Waals surface area contributed by atoms with Crippen molar-refractivity contribution in [3.05, 3.63) is 35.4 Å². The number of nitrogens with two attached hydrogens (primary N) is 1. The van der Waals surface area contributed by atoms with Crippen LogP contribution in [0, 0.1) is 5.41 Å². The highest BCUT2D eigenvalue weighted by Crippen LogP contribution is 2.28. The summed E-state index contributed by atoms with van der Waals surface area (Å²) in [4.78, 5) is 26.1. The van der Waals surface area contributed by atoms with Crippen molar-refractivity contribution in [3.63, 3.8) is 0 Å². The molecule has 1 fully saturated rings. The molecule has 1 saturated heterocycles. The van der Waals surface area contributed by atoms with Gasteiger partial charge in [0.15, 0.2) is 0 Å². The standard InChI is InChI=1S/C16H23N3O2/c1-16(2)10-19(8-7-13(16)17)15(21)12-6-4-5-11(9-12)14(20)18-3/h4-6,9,13H,7-8,10,17H2,1-3H3,(H,18,20). The van der Waals surface area contributed by atoms with Crippen LogP contribution >= 0.6 is 0 Å². The van der Waals surface area contributed by atoms with E-state index in [9.17, 15) is 9.59 Å². The van der Waals surface area contributed by atoms with E-state index in [1.54, 1.807) is 31.3 Å². The van der Waals surface area contributed by atoms with Crippen LogP contribution < -0.4 is 11.1 Å². The predicted octanol–water partition coefficient (Wildman–Crippen LogP) is 1.25. The largest absolute Gasteiger partial charge is 0.355 e. The highest BCUT2D eigenvalue weighted by atomic mass is 16.2. The van der Waals surface area contributed by atoms with Crippen molar-refractivity contribution in [1.82, 2.24) is 10.2 Å². The Labute approximate surface area is 125 Å². The van der Waals surface area contributed by atoms with E-state index in [1.165, 1.54) is 0 Å². The van der Waals surface area contributed by atoms with Crippen molar-refractivity contribution in [3.8, 4) is 0 Å². The van der Waals surface area contributed by atoms with E-state index in [4.69, 9.17) is 5.73 Å². The fraction of sp³-hybridized carbons (Fsp3) is 0.500. The normalized spacial score (nSPS) is 21.0. The third-order valence-corrected chi connectivity index (χ3v) is 4.20. The zero-order chi connectivity index (χ0) is 15.6. The van der Waals surface area contributed by atoms with Gasteiger partial charge < -0.3 is 16.0 Å². The molecule has 114 valence electrons. The second-order valence-corrected chi connectivity index (χ2v) is 6.27. The van der Waals surface area contributed by atoms with Crippen molar-refractivity contribution in [2.24, 2.45) is 11.1 Å². The van der Waals surface area contributed by atoms with Crippen molar-refractivity contribution in [2.75, 3.05) is 20.1 Å². The molecule has 0 bridgehead atoms. The van der Waals surface area contributed by atoms with Gasteiger partial charge in [0.25, 0.3) is 11.8 Å². The number of likely N-dealkylation sites (tertiary alicyclic amines) is 1. The molecule has 21 heavy (non-hydrogen) atoms. The van der Waals surface area contributed by atoms with Gasteiger partial charge in [0.1, 0.15) is 0 Å². The number of hydrogen-bond donors (Lipinski definition) is 2. The molecule has 1 atom stereocenters. The van der Waals surface area contributed by atoms with Crippen LogP contribution in [0.2, 0.25) is 0 Å². The summed E-state index contributed by atoms with van der Waals surface area (Å²) in [6.07, 6.45) is 0.799. The van der Waals surface area contributed by atoms with Crippen molar-refractivity contribution < 1.29 is 9.59 Å². The molecule has 3 N–H and O–H groups in total. The van der Waals surface area contributed by atoms with Crippen LogP contribution in [0.5, 0.6) is 0 Å². The van der Waals surface area contributed by atoms with Crippen LogP contribution in [0.1, 0.15) is 41.0 Å². The van der Waals surface area contributed by atoms with E-state index < -0.39 is 0 Å². The molecule has 0 radical (unpaired) electrons. The second-order valence-electron chi connectivity index (χ2n) is 6.27. The predicted molar refractivity (Wildman–Crippen MR) is 82.1 cm³/mol. The van der Waals surface area contributed by atoms with Crippen LogP contribution in [0.4, 0.5) is 0 Å². The van der Waals surface area contributed by atoms with Gasteiger partial charge >= 0.3 is 0 Å². The molecule has 2 amide bonds. The average molecular weight is 289 g/mol. The number of nitrogens with zero attached hydrogens (tertiary/aromatic N) is 1. The monoisotopic (exact) mass is 289 g/mol. The van der Waals surface area contributed by atoms with E-state index in [1.807, 2.05) is 4.90 Å². The lowest BCUT2D eigenvalue weighted by atomic mass is 9.79. The number of piperidine rings is 1. The summed E-state index contributed by atoms with van der Waals surface area (Å²) in [6.45, 7) is 5.46. The van der Waals surface area contributed by atoms with Gasteiger partial charge in [-0.3, -0.25) is 9.59 Å². The van der Waals surface area contributed by atoms with Crippen LogP contribution in [0.25, 0.3) is 0 Å². The molecule has 5 heteroatoms. The summed E-state index contributed by atoms with van der Waals surface area (Å²) in [5.74, 6) is -0.230. The minimum Gasteiger partial charge on any atom is -0.355 e. The van der Waals surface area contributed by atoms with E-state index in [0.29, 0.717) is 24.2 Å². The van der Waals surface area contributed by atoms with Gasteiger partial charge in [-0.2, -0.15) is 0 Å². The molecule has 1 aliphatic rings. The van der Waals surface area contributed by atoms with Crippen molar-refractivity contribution in [2.45, 2.75) is 26.3 Å². The maximum Gasteiger partial charge on any atom is 0.253 e. The first kappa shape index (κ1) is 15.5. The maximum atomic E-state index is 12.6. The second kappa shape index (κ2) is 5.85. The molecule has 1 heterocycles. The van der Waals surface area contributed by atoms with E-state index >= 15 is 0 Å². The fourth-order valence-corrected chi connectivity index (χ4v) is 2.67. The first-order valence-electron chi connectivity index (χ1n) is 7.22. The van der Waals surface area contributed by atoms with Gasteiger partial charge in [-0.1, -0.05) is 19.9 Å². The maximum absolute atomic E-state index is 12.6. The van der Waals surface area contributed by atoms with Crippen molar-refractivity contribution in [1.29, 1.82) is 0 Å². The first-order chi connectivity index (χ1) is 9.85. The molecule has 2 rings (SSSR count). The van der Waals surface area contributed by atoms with E-state index in [0.717, 1.165) is 6.42 Å². The highest BCUT2D eigenvalue weighted by molar-refractivity contribution is 5.99. The molecule has 0 spiro atoms. The number of amides is 2. The molecule has 5 nitrogen and oxygen atoms in total. The lowest BCUT2D eigenvalue weighted by molar-refractivity contribution is 0.0533. The topological polar surface area (TPSA) is 75.4 Å². The molecular formula is C16H23N3O2. The number of nitrogens with one attached hydrogen (secondary N) is 1. The smallest absolute Gasteiger partial charge is 0.253 e. The number of hydrogen-bond acceptors (Lipinski definition) is 3. The summed E-state index contributed by atoms with van der Waals surface area (Å²) < 4.78 is 0. The zero-order valence-electron chi connectivity index (χ0n) is 12.8. The number of carbonyl (C=O) groups excluding carboxylic acids is 2. The third kappa shape index (κ3) is 3.24. The van der Waals surface area contributed by atoms with Gasteiger partial charge in [0.2, 0.25) is 0 Å². The zero-order valence-corrected chi connectivity index (χ0v) is 12.8. The lowest BCUT2D eigenvalue weighted by Crippen LogP contribution is -2.54. The Hall–Kier alpha value is -1.88. The summed E-state index contributed by atoms with van der Waals surface area (Å²) in [7, 11) is 1.57. The Morgan fingerprint density at radius 1 is 1.33 bits per heavy atom. The molecule has 1 aromatic rings. The summed E-state index contributed by atoms with van der Waals surface area (Å²) in [6, 6.07) is 6.93. The van der Waals surface area contributed by atoms with Crippen LogP contribution in [0.3, 0.4) is 0 Å². The molecule has 0 aromatic heterocycles. The van der Waals surface area contributed by atoms with Gasteiger partial charge in [0.05, 0.1) is 0 Å². The average Bonchev–Trinajstić information content (AvgIpc) is 2.48. The summed E-state index contributed by atoms with van der Waals surface area (Å²) >= 11 is 0. The molecule has 1 aliphatic heterocycles. The number of benzene rings is 1. The Morgan fingerprint density at radius 3 is 2.62 bits per heavy atom. The van der Waals surface area contributed by atoms with Crippen LogP contribution in [0.15, 0.2) is 24.3 Å². The molecule has 0 saturated carbocycles. The Kier molecular flexibility index (Phi) is 4.32. The molecule has 1 aromatic carbocycles. The first-order valence-corrected chi connectivity index (χ1v) is 7.22. The van der Waals surface area contributed by atoms with E-state index in [-0.39, 0.29) is 23.3 Å². The lowest BCUT2D eigenvalue weighted by Gasteiger charge is -2.42. The Bertz CT molecular complexity index is 554. The third-order valence-electron chi connectivity index (χ3n) is 4.20. The van der Waals surface area contributed by atoms with E-state index in [2.05, 4.69) is 19.2 Å². The van der Waals surface area contributed by atoms with Crippen LogP contribution in [-0.2, 0) is 0 Å². The minimum absolute atomic E-state index is 0.0410. The van der Waals surface area contributed by atoms with Crippen LogP contribution in [-0.4, -0.2) is 42.9 Å². The Balaban J connectivity index is 2.19. The number of rotatable bonds is 2. The number of carbonyl (C=O) groups is 2. The summed E-state index contributed by atoms with van der Waals surface area (Å²) in [5.41, 5.74) is 7.05. The molecule has 0 aliphatic carbocycles. The fourth-order valence-electron chi connectivity index (χ4n) is 2.67. The Morgan fingerprint density at radius 2 is 2.00 bits per heavy atom. The summed E-state index contributed by atoms with van der Waals surface area (Å²) in [5, 5.41) is 2.57. The quantitative estimate of drug-likeness (QED) is 0.860. The highest BCUT2D eigenvalue weighted by Gasteiger charge is 2.35. The van der Waals surface area contributed by atoms with Gasteiger partial charge in [-0.05, 0) is 30.0 Å². The SMILES string of the molecule is CNC(=O)c1cccc(C(=O)N2CCC(N)C(C)(C)C2)c1. The minimum atomic E-state index is -0.189. The molecular weight excluding hydrogens is 266 g/mol. The van der Waals surface area contributed by atoms with Gasteiger partial charge in [-0.25, -0.2) is 0 Å². The molecule has 1 unspecified atom stereocenters. The van der Waals surface area contributed by atoms with Gasteiger partial charge in [-0.15, -0.1) is 0 Å². The van der Waals surface area contributed by atoms with Gasteiger partial charge in [0, 0.05) is 37.3 Å². The van der Waals surface area contributed by atoms with Crippen molar-refractivity contribution >= 4 is 11.8 Å².